The van der Waals surface area contributed by atoms with E-state index < -0.39 is 12.1 Å². The maximum absolute atomic E-state index is 11.6. The molecule has 0 aliphatic carbocycles. The molecule has 0 bridgehead atoms. The molecule has 5 nitrogen and oxygen atoms in total. The predicted molar refractivity (Wildman–Crippen MR) is 53.6 cm³/mol. The minimum Gasteiger partial charge on any atom is -0.506 e. The van der Waals surface area contributed by atoms with E-state index in [1.54, 1.807) is 19.1 Å². The molecule has 0 saturated carbocycles. The summed E-state index contributed by atoms with van der Waals surface area (Å²) in [6.45, 7) is 1.60. The van der Waals surface area contributed by atoms with E-state index in [-0.39, 0.29) is 17.3 Å². The van der Waals surface area contributed by atoms with Gasteiger partial charge in [-0.25, -0.2) is 9.69 Å². The summed E-state index contributed by atoms with van der Waals surface area (Å²) in [5.74, 6) is -0.448. The molecule has 0 spiro atoms. The van der Waals surface area contributed by atoms with Crippen molar-refractivity contribution in [2.45, 2.75) is 13.0 Å². The number of carbonyl (C=O) groups is 2. The van der Waals surface area contributed by atoms with Crippen molar-refractivity contribution in [3.05, 3.63) is 24.3 Å². The minimum absolute atomic E-state index is 0.0879. The van der Waals surface area contributed by atoms with E-state index in [0.717, 1.165) is 4.90 Å². The van der Waals surface area contributed by atoms with Crippen molar-refractivity contribution in [3.63, 3.8) is 0 Å². The summed E-state index contributed by atoms with van der Waals surface area (Å²) in [7, 11) is 0. The van der Waals surface area contributed by atoms with Crippen LogP contribution in [0.5, 0.6) is 5.75 Å². The first-order chi connectivity index (χ1) is 7.11. The summed E-state index contributed by atoms with van der Waals surface area (Å²) < 4.78 is 0. The first-order valence-electron chi connectivity index (χ1n) is 4.53. The highest BCUT2D eigenvalue weighted by atomic mass is 16.3. The lowest BCUT2D eigenvalue weighted by molar-refractivity contribution is -0.117. The number of hydrogen-bond donors (Lipinski definition) is 2. The van der Waals surface area contributed by atoms with E-state index in [4.69, 9.17) is 0 Å². The van der Waals surface area contributed by atoms with Crippen LogP contribution in [-0.2, 0) is 4.79 Å². The lowest BCUT2D eigenvalue weighted by Gasteiger charge is -2.13. The molecule has 1 aliphatic heterocycles. The van der Waals surface area contributed by atoms with Crippen LogP contribution in [0.25, 0.3) is 0 Å². The third-order valence-electron chi connectivity index (χ3n) is 2.26. The molecule has 1 atom stereocenters. The third-order valence-corrected chi connectivity index (χ3v) is 2.26. The molecule has 1 aromatic carbocycles. The van der Waals surface area contributed by atoms with Crippen molar-refractivity contribution in [3.8, 4) is 5.75 Å². The van der Waals surface area contributed by atoms with Crippen LogP contribution in [-0.4, -0.2) is 23.1 Å². The second kappa shape index (κ2) is 3.27. The molecule has 0 radical (unpaired) electrons. The molecular formula is C10H10N2O3. The van der Waals surface area contributed by atoms with E-state index >= 15 is 0 Å². The largest absolute Gasteiger partial charge is 0.506 e. The summed E-state index contributed by atoms with van der Waals surface area (Å²) in [6.07, 6.45) is 0. The standard InChI is InChI=1S/C10H10N2O3/c1-6-9(14)12(10(15)11-6)7-4-2-3-5-8(7)13/h2-6,13H,1H3,(H,11,15). The number of amides is 3. The van der Waals surface area contributed by atoms with Crippen molar-refractivity contribution >= 4 is 17.6 Å². The average Bonchev–Trinajstić information content (AvgIpc) is 2.43. The van der Waals surface area contributed by atoms with Crippen molar-refractivity contribution in [2.24, 2.45) is 0 Å². The van der Waals surface area contributed by atoms with Crippen LogP contribution in [0.2, 0.25) is 0 Å². The SMILES string of the molecule is CC1NC(=O)N(c2ccccc2O)C1=O. The molecule has 3 amide bonds. The van der Waals surface area contributed by atoms with Crippen molar-refractivity contribution in [1.82, 2.24) is 5.32 Å². The van der Waals surface area contributed by atoms with Crippen molar-refractivity contribution in [1.29, 1.82) is 0 Å². The Balaban J connectivity index is 2.44. The number of hydrogen-bond acceptors (Lipinski definition) is 3. The van der Waals surface area contributed by atoms with Crippen LogP contribution >= 0.6 is 0 Å². The van der Waals surface area contributed by atoms with Gasteiger partial charge in [-0.3, -0.25) is 4.79 Å². The van der Waals surface area contributed by atoms with E-state index in [9.17, 15) is 14.7 Å². The second-order valence-corrected chi connectivity index (χ2v) is 3.33. The fraction of sp³-hybridized carbons (Fsp3) is 0.200. The Morgan fingerprint density at radius 3 is 2.53 bits per heavy atom. The zero-order chi connectivity index (χ0) is 11.0. The zero-order valence-electron chi connectivity index (χ0n) is 8.10. The molecule has 1 fully saturated rings. The molecule has 1 aromatic rings. The monoisotopic (exact) mass is 206 g/mol. The second-order valence-electron chi connectivity index (χ2n) is 3.33. The normalized spacial score (nSPS) is 20.6. The first-order valence-corrected chi connectivity index (χ1v) is 4.53. The number of imide groups is 1. The number of aromatic hydroxyl groups is 1. The van der Waals surface area contributed by atoms with Crippen LogP contribution < -0.4 is 10.2 Å². The van der Waals surface area contributed by atoms with Crippen LogP contribution in [0, 0.1) is 0 Å². The Morgan fingerprint density at radius 2 is 2.00 bits per heavy atom. The quantitative estimate of drug-likeness (QED) is 0.669. The molecule has 1 unspecified atom stereocenters. The first kappa shape index (κ1) is 9.51. The fourth-order valence-corrected chi connectivity index (χ4v) is 1.49. The summed E-state index contributed by atoms with van der Waals surface area (Å²) >= 11 is 0. The maximum atomic E-state index is 11.6. The van der Waals surface area contributed by atoms with Gasteiger partial charge in [0.1, 0.15) is 11.8 Å². The number of anilines is 1. The van der Waals surface area contributed by atoms with Crippen molar-refractivity contribution in [2.75, 3.05) is 4.90 Å². The van der Waals surface area contributed by atoms with Gasteiger partial charge in [-0.1, -0.05) is 12.1 Å². The Hall–Kier alpha value is -2.04. The smallest absolute Gasteiger partial charge is 0.329 e. The van der Waals surface area contributed by atoms with E-state index in [1.807, 2.05) is 0 Å². The summed E-state index contributed by atoms with van der Waals surface area (Å²) in [4.78, 5) is 24.0. The molecular weight excluding hydrogens is 196 g/mol. The molecule has 15 heavy (non-hydrogen) atoms. The number of para-hydroxylation sites is 2. The topological polar surface area (TPSA) is 69.6 Å². The molecule has 1 aliphatic rings. The van der Waals surface area contributed by atoms with Crippen LogP contribution in [0.1, 0.15) is 6.92 Å². The number of rotatable bonds is 1. The van der Waals surface area contributed by atoms with Gasteiger partial charge in [0, 0.05) is 0 Å². The summed E-state index contributed by atoms with van der Waals surface area (Å²) in [5, 5.41) is 12.0. The molecule has 5 heteroatoms. The molecule has 0 aromatic heterocycles. The Labute approximate surface area is 86.3 Å². The highest BCUT2D eigenvalue weighted by Crippen LogP contribution is 2.28. The van der Waals surface area contributed by atoms with E-state index in [2.05, 4.69) is 5.32 Å². The van der Waals surface area contributed by atoms with E-state index in [0.29, 0.717) is 0 Å². The highest BCUT2D eigenvalue weighted by Gasteiger charge is 2.37. The van der Waals surface area contributed by atoms with Gasteiger partial charge in [0.15, 0.2) is 0 Å². The molecule has 1 heterocycles. The van der Waals surface area contributed by atoms with E-state index in [1.165, 1.54) is 12.1 Å². The Morgan fingerprint density at radius 1 is 1.33 bits per heavy atom. The lowest BCUT2D eigenvalue weighted by atomic mass is 10.2. The minimum atomic E-state index is -0.544. The average molecular weight is 206 g/mol. The number of phenolic OH excluding ortho intramolecular Hbond substituents is 1. The van der Waals surface area contributed by atoms with Crippen molar-refractivity contribution < 1.29 is 14.7 Å². The Bertz CT molecular complexity index is 430. The number of carbonyl (C=O) groups excluding carboxylic acids is 2. The van der Waals surface area contributed by atoms with Crippen LogP contribution in [0.3, 0.4) is 0 Å². The van der Waals surface area contributed by atoms with Gasteiger partial charge in [0.25, 0.3) is 5.91 Å². The number of urea groups is 1. The maximum Gasteiger partial charge on any atom is 0.329 e. The fourth-order valence-electron chi connectivity index (χ4n) is 1.49. The van der Waals surface area contributed by atoms with Gasteiger partial charge in [0.2, 0.25) is 0 Å². The summed E-state index contributed by atoms with van der Waals surface area (Å²) in [5.41, 5.74) is 0.212. The molecule has 1 saturated heterocycles. The lowest BCUT2D eigenvalue weighted by Crippen LogP contribution is -2.30. The summed E-state index contributed by atoms with van der Waals surface area (Å²) in [6, 6.07) is 5.18. The van der Waals surface area contributed by atoms with Gasteiger partial charge in [-0.2, -0.15) is 0 Å². The number of benzene rings is 1. The highest BCUT2D eigenvalue weighted by molar-refractivity contribution is 6.21. The molecule has 78 valence electrons. The number of nitrogens with zero attached hydrogens (tertiary/aromatic N) is 1. The van der Waals surface area contributed by atoms with Gasteiger partial charge in [0.05, 0.1) is 5.69 Å². The predicted octanol–water partition coefficient (Wildman–Crippen LogP) is 0.837. The Kier molecular flexibility index (Phi) is 2.07. The van der Waals surface area contributed by atoms with Crippen LogP contribution in [0.15, 0.2) is 24.3 Å². The van der Waals surface area contributed by atoms with Gasteiger partial charge >= 0.3 is 6.03 Å². The van der Waals surface area contributed by atoms with Gasteiger partial charge < -0.3 is 10.4 Å². The van der Waals surface area contributed by atoms with Crippen LogP contribution in [0.4, 0.5) is 10.5 Å². The third kappa shape index (κ3) is 1.41. The molecule has 2 rings (SSSR count). The molecule has 2 N–H and O–H groups in total. The zero-order valence-corrected chi connectivity index (χ0v) is 8.10. The van der Waals surface area contributed by atoms with Gasteiger partial charge in [-0.05, 0) is 19.1 Å². The number of phenols is 1. The van der Waals surface area contributed by atoms with Gasteiger partial charge in [-0.15, -0.1) is 0 Å². The number of nitrogens with one attached hydrogen (secondary N) is 1.